The van der Waals surface area contributed by atoms with Gasteiger partial charge < -0.3 is 10.2 Å². The predicted molar refractivity (Wildman–Crippen MR) is 90.3 cm³/mol. The molecule has 1 fully saturated rings. The van der Waals surface area contributed by atoms with E-state index in [1.54, 1.807) is 0 Å². The van der Waals surface area contributed by atoms with Crippen LogP contribution in [0.3, 0.4) is 0 Å². The van der Waals surface area contributed by atoms with Gasteiger partial charge in [-0.25, -0.2) is 0 Å². The van der Waals surface area contributed by atoms with Gasteiger partial charge in [-0.15, -0.1) is 0 Å². The summed E-state index contributed by atoms with van der Waals surface area (Å²) >= 11 is 3.58. The van der Waals surface area contributed by atoms with Crippen molar-refractivity contribution in [2.24, 2.45) is 0 Å². The second kappa shape index (κ2) is 6.58. The predicted octanol–water partition coefficient (Wildman–Crippen LogP) is 3.73. The Morgan fingerprint density at radius 1 is 1.33 bits per heavy atom. The lowest BCUT2D eigenvalue weighted by atomic mass is 10.1. The lowest BCUT2D eigenvalue weighted by molar-refractivity contribution is 0.685. The zero-order valence-electron chi connectivity index (χ0n) is 12.2. The number of pyridine rings is 1. The van der Waals surface area contributed by atoms with E-state index in [9.17, 15) is 0 Å². The van der Waals surface area contributed by atoms with Crippen LogP contribution in [0.5, 0.6) is 0 Å². The second-order valence-electron chi connectivity index (χ2n) is 5.65. The fourth-order valence-electron chi connectivity index (χ4n) is 2.43. The first-order valence-electron chi connectivity index (χ1n) is 7.34. The van der Waals surface area contributed by atoms with Crippen LogP contribution in [0.4, 0.5) is 5.69 Å². The second-order valence-corrected chi connectivity index (χ2v) is 6.56. The Morgan fingerprint density at radius 2 is 2.19 bits per heavy atom. The smallest absolute Gasteiger partial charge is 0.0441 e. The van der Waals surface area contributed by atoms with Gasteiger partial charge in [0.2, 0.25) is 0 Å². The Balaban J connectivity index is 1.76. The molecule has 0 amide bonds. The lowest BCUT2D eigenvalue weighted by Gasteiger charge is -2.23. The molecule has 0 radical (unpaired) electrons. The van der Waals surface area contributed by atoms with Gasteiger partial charge in [-0.1, -0.05) is 28.1 Å². The largest absolute Gasteiger partial charge is 0.370 e. The van der Waals surface area contributed by atoms with Gasteiger partial charge in [-0.3, -0.25) is 4.98 Å². The van der Waals surface area contributed by atoms with Crippen molar-refractivity contribution in [1.29, 1.82) is 0 Å². The quantitative estimate of drug-likeness (QED) is 0.864. The molecule has 0 saturated heterocycles. The van der Waals surface area contributed by atoms with Gasteiger partial charge in [0.05, 0.1) is 0 Å². The summed E-state index contributed by atoms with van der Waals surface area (Å²) in [5, 5.41) is 3.60. The summed E-state index contributed by atoms with van der Waals surface area (Å²) in [5.41, 5.74) is 3.83. The molecule has 1 N–H and O–H groups in total. The number of benzene rings is 1. The number of rotatable bonds is 6. The third-order valence-electron chi connectivity index (χ3n) is 3.76. The van der Waals surface area contributed by atoms with Crippen molar-refractivity contribution in [2.45, 2.75) is 32.0 Å². The number of nitrogens with one attached hydrogen (secondary N) is 1. The van der Waals surface area contributed by atoms with E-state index in [2.05, 4.69) is 62.4 Å². The first-order valence-corrected chi connectivity index (χ1v) is 8.13. The van der Waals surface area contributed by atoms with E-state index < -0.39 is 0 Å². The normalized spacial score (nSPS) is 14.2. The Labute approximate surface area is 134 Å². The van der Waals surface area contributed by atoms with Crippen molar-refractivity contribution >= 4 is 21.6 Å². The fourth-order valence-corrected chi connectivity index (χ4v) is 2.78. The van der Waals surface area contributed by atoms with Crippen LogP contribution in [-0.2, 0) is 13.1 Å². The molecule has 1 aliphatic carbocycles. The molecule has 0 spiro atoms. The number of anilines is 1. The summed E-state index contributed by atoms with van der Waals surface area (Å²) < 4.78 is 1.12. The van der Waals surface area contributed by atoms with Gasteiger partial charge >= 0.3 is 0 Å². The van der Waals surface area contributed by atoms with Crippen molar-refractivity contribution in [1.82, 2.24) is 10.3 Å². The molecule has 0 unspecified atom stereocenters. The van der Waals surface area contributed by atoms with E-state index in [4.69, 9.17) is 0 Å². The van der Waals surface area contributed by atoms with Crippen molar-refractivity contribution in [3.63, 3.8) is 0 Å². The molecule has 1 aliphatic rings. The molecule has 4 heteroatoms. The molecular formula is C17H20BrN3. The van der Waals surface area contributed by atoms with Gasteiger partial charge in [0.1, 0.15) is 0 Å². The standard InChI is InChI=1S/C17H20BrN3/c1-21(12-13-3-2-8-19-10-13)17-9-15(18)5-4-14(17)11-20-16-6-7-16/h2-5,8-10,16,20H,6-7,11-12H2,1H3. The van der Waals surface area contributed by atoms with Gasteiger partial charge in [-0.05, 0) is 42.2 Å². The van der Waals surface area contributed by atoms with Crippen molar-refractivity contribution in [3.8, 4) is 0 Å². The minimum Gasteiger partial charge on any atom is -0.370 e. The van der Waals surface area contributed by atoms with E-state index in [1.807, 2.05) is 18.5 Å². The van der Waals surface area contributed by atoms with Crippen LogP contribution in [0.1, 0.15) is 24.0 Å². The summed E-state index contributed by atoms with van der Waals surface area (Å²) in [4.78, 5) is 6.47. The van der Waals surface area contributed by atoms with E-state index in [0.29, 0.717) is 0 Å². The molecule has 1 saturated carbocycles. The maximum atomic E-state index is 4.19. The van der Waals surface area contributed by atoms with Crippen molar-refractivity contribution in [3.05, 3.63) is 58.3 Å². The molecule has 0 bridgehead atoms. The minimum absolute atomic E-state index is 0.727. The molecule has 2 aromatic rings. The van der Waals surface area contributed by atoms with Crippen LogP contribution in [0.25, 0.3) is 0 Å². The Hall–Kier alpha value is -1.39. The SMILES string of the molecule is CN(Cc1cccnc1)c1cc(Br)ccc1CNC1CC1. The first kappa shape index (κ1) is 14.5. The molecule has 3 rings (SSSR count). The van der Waals surface area contributed by atoms with Crippen LogP contribution in [-0.4, -0.2) is 18.1 Å². The monoisotopic (exact) mass is 345 g/mol. The number of nitrogens with zero attached hydrogens (tertiary/aromatic N) is 2. The molecule has 1 heterocycles. The topological polar surface area (TPSA) is 28.2 Å². The third-order valence-corrected chi connectivity index (χ3v) is 4.25. The third kappa shape index (κ3) is 4.05. The highest BCUT2D eigenvalue weighted by atomic mass is 79.9. The van der Waals surface area contributed by atoms with E-state index in [0.717, 1.165) is 23.6 Å². The zero-order chi connectivity index (χ0) is 14.7. The van der Waals surface area contributed by atoms with Crippen LogP contribution in [0.15, 0.2) is 47.2 Å². The van der Waals surface area contributed by atoms with Gasteiger partial charge in [0.25, 0.3) is 0 Å². The molecule has 1 aromatic heterocycles. The van der Waals surface area contributed by atoms with Crippen LogP contribution >= 0.6 is 15.9 Å². The average Bonchev–Trinajstić information content (AvgIpc) is 3.31. The lowest BCUT2D eigenvalue weighted by Crippen LogP contribution is -2.21. The number of hydrogen-bond donors (Lipinski definition) is 1. The minimum atomic E-state index is 0.727. The van der Waals surface area contributed by atoms with E-state index in [1.165, 1.54) is 29.7 Å². The highest BCUT2D eigenvalue weighted by Gasteiger charge is 2.20. The Kier molecular flexibility index (Phi) is 4.56. The van der Waals surface area contributed by atoms with Crippen LogP contribution in [0.2, 0.25) is 0 Å². The van der Waals surface area contributed by atoms with E-state index >= 15 is 0 Å². The summed E-state index contributed by atoms with van der Waals surface area (Å²) in [7, 11) is 2.13. The number of aromatic nitrogens is 1. The Morgan fingerprint density at radius 3 is 2.90 bits per heavy atom. The zero-order valence-corrected chi connectivity index (χ0v) is 13.8. The molecule has 21 heavy (non-hydrogen) atoms. The average molecular weight is 346 g/mol. The van der Waals surface area contributed by atoms with Crippen molar-refractivity contribution in [2.75, 3.05) is 11.9 Å². The molecule has 3 nitrogen and oxygen atoms in total. The van der Waals surface area contributed by atoms with Crippen molar-refractivity contribution < 1.29 is 0 Å². The summed E-state index contributed by atoms with van der Waals surface area (Å²) in [6, 6.07) is 11.3. The highest BCUT2D eigenvalue weighted by molar-refractivity contribution is 9.10. The van der Waals surface area contributed by atoms with Gasteiger partial charge in [0, 0.05) is 48.7 Å². The summed E-state index contributed by atoms with van der Waals surface area (Å²) in [6.45, 7) is 1.80. The summed E-state index contributed by atoms with van der Waals surface area (Å²) in [5.74, 6) is 0. The Bertz CT molecular complexity index is 596. The highest BCUT2D eigenvalue weighted by Crippen LogP contribution is 2.27. The number of halogens is 1. The first-order chi connectivity index (χ1) is 10.2. The molecule has 0 aliphatic heterocycles. The molecule has 1 aromatic carbocycles. The molecule has 110 valence electrons. The fraction of sp³-hybridized carbons (Fsp3) is 0.353. The van der Waals surface area contributed by atoms with Gasteiger partial charge in [-0.2, -0.15) is 0 Å². The molecule has 0 atom stereocenters. The maximum absolute atomic E-state index is 4.19. The number of hydrogen-bond acceptors (Lipinski definition) is 3. The van der Waals surface area contributed by atoms with E-state index in [-0.39, 0.29) is 0 Å². The van der Waals surface area contributed by atoms with Gasteiger partial charge in [0.15, 0.2) is 0 Å². The summed E-state index contributed by atoms with van der Waals surface area (Å²) in [6.07, 6.45) is 6.37. The maximum Gasteiger partial charge on any atom is 0.0441 e. The van der Waals surface area contributed by atoms with Crippen LogP contribution < -0.4 is 10.2 Å². The molecular weight excluding hydrogens is 326 g/mol. The van der Waals surface area contributed by atoms with Crippen LogP contribution in [0, 0.1) is 0 Å².